The average Bonchev–Trinajstić information content (AvgIpc) is 2.57. The standard InChI is InChI=1S/C19H24BrN3O3S/c1-14-10-16(20)8-9-18(14)21-19(24)13-23(4)12-15-6-5-7-17(11-15)27(25,26)22(2)3/h5-11H,12-13H2,1-4H3,(H,21,24). The molecule has 0 bridgehead atoms. The van der Waals surface area contributed by atoms with E-state index >= 15 is 0 Å². The van der Waals surface area contributed by atoms with Crippen LogP contribution in [0.15, 0.2) is 51.8 Å². The molecule has 0 aromatic heterocycles. The third-order valence-corrected chi connectivity index (χ3v) is 6.31. The van der Waals surface area contributed by atoms with Crippen LogP contribution in [0.4, 0.5) is 5.69 Å². The largest absolute Gasteiger partial charge is 0.325 e. The summed E-state index contributed by atoms with van der Waals surface area (Å²) in [5, 5.41) is 2.90. The summed E-state index contributed by atoms with van der Waals surface area (Å²) in [5.74, 6) is -0.125. The second-order valence-corrected chi connectivity index (χ2v) is 9.68. The van der Waals surface area contributed by atoms with Crippen LogP contribution < -0.4 is 5.32 Å². The van der Waals surface area contributed by atoms with Gasteiger partial charge in [-0.15, -0.1) is 0 Å². The van der Waals surface area contributed by atoms with Crippen LogP contribution in [0, 0.1) is 6.92 Å². The highest BCUT2D eigenvalue weighted by Gasteiger charge is 2.17. The van der Waals surface area contributed by atoms with Crippen molar-refractivity contribution in [3.05, 3.63) is 58.1 Å². The normalized spacial score (nSPS) is 11.8. The second kappa shape index (κ2) is 8.97. The van der Waals surface area contributed by atoms with E-state index in [1.807, 2.05) is 43.1 Å². The van der Waals surface area contributed by atoms with Crippen LogP contribution in [0.1, 0.15) is 11.1 Å². The van der Waals surface area contributed by atoms with E-state index in [2.05, 4.69) is 21.2 Å². The molecule has 2 aromatic rings. The molecule has 0 radical (unpaired) electrons. The molecule has 0 spiro atoms. The van der Waals surface area contributed by atoms with E-state index in [1.165, 1.54) is 18.4 Å². The van der Waals surface area contributed by atoms with Gasteiger partial charge in [-0.1, -0.05) is 28.1 Å². The molecule has 0 saturated heterocycles. The Hall–Kier alpha value is -1.74. The zero-order valence-corrected chi connectivity index (χ0v) is 18.3. The van der Waals surface area contributed by atoms with Gasteiger partial charge >= 0.3 is 0 Å². The average molecular weight is 454 g/mol. The molecule has 1 amide bonds. The smallest absolute Gasteiger partial charge is 0.242 e. The van der Waals surface area contributed by atoms with Gasteiger partial charge < -0.3 is 5.32 Å². The summed E-state index contributed by atoms with van der Waals surface area (Å²) in [7, 11) is 1.35. The molecule has 6 nitrogen and oxygen atoms in total. The highest BCUT2D eigenvalue weighted by atomic mass is 79.9. The Labute approximate surface area is 169 Å². The molecule has 1 N–H and O–H groups in total. The molecule has 0 heterocycles. The molecule has 0 aliphatic rings. The van der Waals surface area contributed by atoms with Gasteiger partial charge in [0, 0.05) is 30.8 Å². The number of nitrogens with one attached hydrogen (secondary N) is 1. The van der Waals surface area contributed by atoms with Crippen molar-refractivity contribution in [2.24, 2.45) is 0 Å². The van der Waals surface area contributed by atoms with E-state index in [1.54, 1.807) is 18.2 Å². The van der Waals surface area contributed by atoms with Crippen LogP contribution in [-0.2, 0) is 21.4 Å². The fourth-order valence-electron chi connectivity index (χ4n) is 2.58. The maximum atomic E-state index is 12.3. The quantitative estimate of drug-likeness (QED) is 0.698. The Morgan fingerprint density at radius 3 is 2.44 bits per heavy atom. The predicted octanol–water partition coefficient (Wildman–Crippen LogP) is 3.08. The Morgan fingerprint density at radius 1 is 1.11 bits per heavy atom. The molecular formula is C19H24BrN3O3S. The van der Waals surface area contributed by atoms with E-state index in [4.69, 9.17) is 0 Å². The molecule has 146 valence electrons. The summed E-state index contributed by atoms with van der Waals surface area (Å²) >= 11 is 3.40. The third kappa shape index (κ3) is 5.87. The van der Waals surface area contributed by atoms with Crippen molar-refractivity contribution in [1.82, 2.24) is 9.21 Å². The van der Waals surface area contributed by atoms with E-state index in [9.17, 15) is 13.2 Å². The van der Waals surface area contributed by atoms with E-state index in [0.29, 0.717) is 6.54 Å². The van der Waals surface area contributed by atoms with Gasteiger partial charge in [0.2, 0.25) is 15.9 Å². The van der Waals surface area contributed by atoms with Crippen LogP contribution in [0.5, 0.6) is 0 Å². The lowest BCUT2D eigenvalue weighted by Gasteiger charge is -2.18. The minimum atomic E-state index is -3.48. The van der Waals surface area contributed by atoms with Crippen molar-refractivity contribution in [2.75, 3.05) is 33.0 Å². The number of likely N-dealkylation sites (N-methyl/N-ethyl adjacent to an activating group) is 1. The van der Waals surface area contributed by atoms with Crippen molar-refractivity contribution in [3.63, 3.8) is 0 Å². The molecule has 0 aliphatic carbocycles. The fourth-order valence-corrected chi connectivity index (χ4v) is 4.03. The highest BCUT2D eigenvalue weighted by Crippen LogP contribution is 2.20. The maximum absolute atomic E-state index is 12.3. The number of hydrogen-bond donors (Lipinski definition) is 1. The van der Waals surface area contributed by atoms with Crippen molar-refractivity contribution < 1.29 is 13.2 Å². The van der Waals surface area contributed by atoms with Crippen LogP contribution >= 0.6 is 15.9 Å². The number of aryl methyl sites for hydroxylation is 1. The number of benzene rings is 2. The van der Waals surface area contributed by atoms with E-state index in [0.717, 1.165) is 21.3 Å². The summed E-state index contributed by atoms with van der Waals surface area (Å²) in [6.07, 6.45) is 0. The first kappa shape index (κ1) is 21.6. The maximum Gasteiger partial charge on any atom is 0.242 e. The minimum Gasteiger partial charge on any atom is -0.325 e. The SMILES string of the molecule is Cc1cc(Br)ccc1NC(=O)CN(C)Cc1cccc(S(=O)(=O)N(C)C)c1. The molecular weight excluding hydrogens is 430 g/mol. The van der Waals surface area contributed by atoms with Crippen LogP contribution in [0.2, 0.25) is 0 Å². The lowest BCUT2D eigenvalue weighted by atomic mass is 10.2. The molecule has 0 fully saturated rings. The summed E-state index contributed by atoms with van der Waals surface area (Å²) < 4.78 is 26.6. The predicted molar refractivity (Wildman–Crippen MR) is 111 cm³/mol. The Kier molecular flexibility index (Phi) is 7.16. The second-order valence-electron chi connectivity index (χ2n) is 6.61. The van der Waals surface area contributed by atoms with Gasteiger partial charge in [-0.2, -0.15) is 0 Å². The van der Waals surface area contributed by atoms with Gasteiger partial charge in [0.15, 0.2) is 0 Å². The van der Waals surface area contributed by atoms with Crippen molar-refractivity contribution in [1.29, 1.82) is 0 Å². The van der Waals surface area contributed by atoms with Crippen LogP contribution in [0.3, 0.4) is 0 Å². The molecule has 0 atom stereocenters. The molecule has 27 heavy (non-hydrogen) atoms. The highest BCUT2D eigenvalue weighted by molar-refractivity contribution is 9.10. The lowest BCUT2D eigenvalue weighted by molar-refractivity contribution is -0.117. The first-order chi connectivity index (χ1) is 12.6. The number of nitrogens with zero attached hydrogens (tertiary/aromatic N) is 2. The number of carbonyl (C=O) groups excluding carboxylic acids is 1. The van der Waals surface area contributed by atoms with Crippen LogP contribution in [0.25, 0.3) is 0 Å². The van der Waals surface area contributed by atoms with Gasteiger partial charge in [-0.25, -0.2) is 12.7 Å². The number of sulfonamides is 1. The van der Waals surface area contributed by atoms with Gasteiger partial charge in [0.25, 0.3) is 0 Å². The first-order valence-corrected chi connectivity index (χ1v) is 10.6. The first-order valence-electron chi connectivity index (χ1n) is 8.35. The molecule has 0 unspecified atom stereocenters. The molecule has 0 saturated carbocycles. The minimum absolute atomic E-state index is 0.125. The summed E-state index contributed by atoms with van der Waals surface area (Å²) in [6.45, 7) is 2.59. The third-order valence-electron chi connectivity index (χ3n) is 4.01. The number of rotatable bonds is 7. The van der Waals surface area contributed by atoms with Gasteiger partial charge in [0.1, 0.15) is 0 Å². The van der Waals surface area contributed by atoms with Crippen LogP contribution in [-0.4, -0.2) is 51.2 Å². The number of anilines is 1. The Bertz CT molecular complexity index is 930. The van der Waals surface area contributed by atoms with E-state index in [-0.39, 0.29) is 17.3 Å². The topological polar surface area (TPSA) is 69.7 Å². The summed E-state index contributed by atoms with van der Waals surface area (Å²) in [4.78, 5) is 14.4. The zero-order chi connectivity index (χ0) is 20.2. The van der Waals surface area contributed by atoms with Crippen molar-refractivity contribution in [2.45, 2.75) is 18.4 Å². The van der Waals surface area contributed by atoms with Gasteiger partial charge in [-0.05, 0) is 55.4 Å². The fraction of sp³-hybridized carbons (Fsp3) is 0.316. The lowest BCUT2D eigenvalue weighted by Crippen LogP contribution is -2.30. The summed E-state index contributed by atoms with van der Waals surface area (Å²) in [5.41, 5.74) is 2.57. The molecule has 2 aromatic carbocycles. The Balaban J connectivity index is 2.01. The number of amides is 1. The van der Waals surface area contributed by atoms with Crippen molar-refractivity contribution in [3.8, 4) is 0 Å². The Morgan fingerprint density at radius 2 is 1.81 bits per heavy atom. The number of carbonyl (C=O) groups is 1. The summed E-state index contributed by atoms with van der Waals surface area (Å²) in [6, 6.07) is 12.4. The zero-order valence-electron chi connectivity index (χ0n) is 15.9. The molecule has 2 rings (SSSR count). The van der Waals surface area contributed by atoms with Crippen molar-refractivity contribution >= 4 is 37.5 Å². The monoisotopic (exact) mass is 453 g/mol. The molecule has 0 aliphatic heterocycles. The van der Waals surface area contributed by atoms with Gasteiger partial charge in [0.05, 0.1) is 11.4 Å². The van der Waals surface area contributed by atoms with Gasteiger partial charge in [-0.3, -0.25) is 9.69 Å². The molecule has 8 heteroatoms. The van der Waals surface area contributed by atoms with E-state index < -0.39 is 10.0 Å². The number of halogens is 1. The number of hydrogen-bond acceptors (Lipinski definition) is 4.